The van der Waals surface area contributed by atoms with Crippen molar-refractivity contribution in [1.29, 1.82) is 0 Å². The molecule has 0 atom stereocenters. The van der Waals surface area contributed by atoms with Crippen molar-refractivity contribution in [2.45, 2.75) is 43.7 Å². The molecule has 1 aliphatic carbocycles. The molecule has 0 spiro atoms. The van der Waals surface area contributed by atoms with Gasteiger partial charge in [0.25, 0.3) is 0 Å². The van der Waals surface area contributed by atoms with Gasteiger partial charge in [0.1, 0.15) is 17.6 Å². The molecule has 0 bridgehead atoms. The van der Waals surface area contributed by atoms with Gasteiger partial charge in [-0.3, -0.25) is 4.98 Å². The maximum Gasteiger partial charge on any atom is 0.236 e. The standard InChI is InChI=1S/C22H25N5O/c1-2-4-19-15(3-1)5-6-20(27-19)26-17-13-18(14-17)28-22-21(24-11-12-25-22)16-7-9-23-10-8-16/h1-6,11-12,16-18,23H,7-10,13-14H2,(H,26,27)/t17-,18-. The monoisotopic (exact) mass is 375 g/mol. The first-order valence-corrected chi connectivity index (χ1v) is 10.2. The third-order valence-electron chi connectivity index (χ3n) is 5.74. The topological polar surface area (TPSA) is 72.0 Å². The van der Waals surface area contributed by atoms with E-state index in [-0.39, 0.29) is 6.10 Å². The van der Waals surface area contributed by atoms with E-state index in [1.807, 2.05) is 18.2 Å². The van der Waals surface area contributed by atoms with Crippen molar-refractivity contribution in [2.75, 3.05) is 18.4 Å². The number of pyridine rings is 1. The Balaban J connectivity index is 1.19. The lowest BCUT2D eigenvalue weighted by Crippen LogP contribution is -2.43. The second kappa shape index (κ2) is 7.72. The molecule has 0 unspecified atom stereocenters. The summed E-state index contributed by atoms with van der Waals surface area (Å²) in [6.45, 7) is 2.07. The van der Waals surface area contributed by atoms with Gasteiger partial charge in [0, 0.05) is 42.6 Å². The number of nitrogens with zero attached hydrogens (tertiary/aromatic N) is 3. The molecule has 6 heteroatoms. The molecule has 2 aliphatic rings. The molecule has 28 heavy (non-hydrogen) atoms. The molecule has 0 amide bonds. The maximum atomic E-state index is 6.22. The van der Waals surface area contributed by atoms with E-state index in [1.54, 1.807) is 12.4 Å². The highest BCUT2D eigenvalue weighted by Gasteiger charge is 2.33. The number of fused-ring (bicyclic) bond motifs is 1. The van der Waals surface area contributed by atoms with E-state index in [2.05, 4.69) is 38.8 Å². The van der Waals surface area contributed by atoms with Crippen LogP contribution in [-0.2, 0) is 0 Å². The van der Waals surface area contributed by atoms with E-state index in [0.717, 1.165) is 67.1 Å². The second-order valence-electron chi connectivity index (χ2n) is 7.71. The van der Waals surface area contributed by atoms with Crippen LogP contribution in [0.2, 0.25) is 0 Å². The fraction of sp³-hybridized carbons (Fsp3) is 0.409. The zero-order valence-corrected chi connectivity index (χ0v) is 15.8. The number of ether oxygens (including phenoxy) is 1. The second-order valence-corrected chi connectivity index (χ2v) is 7.71. The minimum atomic E-state index is 0.190. The van der Waals surface area contributed by atoms with Crippen LogP contribution in [0, 0.1) is 0 Å². The Hall–Kier alpha value is -2.73. The summed E-state index contributed by atoms with van der Waals surface area (Å²) in [7, 11) is 0. The summed E-state index contributed by atoms with van der Waals surface area (Å²) in [5.41, 5.74) is 2.04. The molecule has 1 saturated heterocycles. The van der Waals surface area contributed by atoms with E-state index in [9.17, 15) is 0 Å². The summed E-state index contributed by atoms with van der Waals surface area (Å²) >= 11 is 0. The summed E-state index contributed by atoms with van der Waals surface area (Å²) in [6.07, 6.45) is 7.80. The van der Waals surface area contributed by atoms with Crippen molar-refractivity contribution in [3.63, 3.8) is 0 Å². The van der Waals surface area contributed by atoms with Gasteiger partial charge in [-0.1, -0.05) is 18.2 Å². The molecule has 1 aliphatic heterocycles. The number of nitrogens with one attached hydrogen (secondary N) is 2. The van der Waals surface area contributed by atoms with Crippen LogP contribution in [0.15, 0.2) is 48.8 Å². The predicted molar refractivity (Wildman–Crippen MR) is 110 cm³/mol. The minimum Gasteiger partial charge on any atom is -0.473 e. The van der Waals surface area contributed by atoms with Gasteiger partial charge in [-0.2, -0.15) is 0 Å². The first kappa shape index (κ1) is 17.4. The molecule has 2 aromatic heterocycles. The number of aromatic nitrogens is 3. The highest BCUT2D eigenvalue weighted by atomic mass is 16.5. The lowest BCUT2D eigenvalue weighted by atomic mass is 9.89. The number of benzene rings is 1. The fourth-order valence-corrected chi connectivity index (χ4v) is 4.10. The number of piperidine rings is 1. The largest absolute Gasteiger partial charge is 0.473 e. The average Bonchev–Trinajstić information content (AvgIpc) is 2.73. The van der Waals surface area contributed by atoms with Crippen LogP contribution in [0.4, 0.5) is 5.82 Å². The zero-order valence-electron chi connectivity index (χ0n) is 15.8. The van der Waals surface area contributed by atoms with Gasteiger partial charge in [-0.15, -0.1) is 0 Å². The molecule has 0 radical (unpaired) electrons. The summed E-state index contributed by atoms with van der Waals surface area (Å²) < 4.78 is 6.22. The van der Waals surface area contributed by atoms with Gasteiger partial charge in [-0.05, 0) is 44.1 Å². The lowest BCUT2D eigenvalue weighted by molar-refractivity contribution is 0.0997. The summed E-state index contributed by atoms with van der Waals surface area (Å²) in [4.78, 5) is 13.8. The van der Waals surface area contributed by atoms with Crippen LogP contribution < -0.4 is 15.4 Å². The highest BCUT2D eigenvalue weighted by Crippen LogP contribution is 2.33. The Bertz CT molecular complexity index is 950. The van der Waals surface area contributed by atoms with E-state index >= 15 is 0 Å². The SMILES string of the molecule is c1ccc2nc(N[C@H]3C[C@H](Oc4nccnc4C4CCNCC4)C3)ccc2c1. The normalized spacial score (nSPS) is 22.6. The number of hydrogen-bond donors (Lipinski definition) is 2. The number of anilines is 1. The molecular formula is C22H25N5O. The van der Waals surface area contributed by atoms with Crippen LogP contribution in [0.3, 0.4) is 0 Å². The van der Waals surface area contributed by atoms with Gasteiger partial charge in [0.05, 0.1) is 5.52 Å². The number of para-hydroxylation sites is 1. The van der Waals surface area contributed by atoms with E-state index < -0.39 is 0 Å². The molecule has 6 nitrogen and oxygen atoms in total. The smallest absolute Gasteiger partial charge is 0.236 e. The van der Waals surface area contributed by atoms with Crippen molar-refractivity contribution in [1.82, 2.24) is 20.3 Å². The molecule has 2 fully saturated rings. The van der Waals surface area contributed by atoms with Crippen LogP contribution in [0.5, 0.6) is 5.88 Å². The van der Waals surface area contributed by atoms with Crippen molar-refractivity contribution in [3.05, 3.63) is 54.5 Å². The van der Waals surface area contributed by atoms with Crippen LogP contribution in [-0.4, -0.2) is 40.2 Å². The number of rotatable bonds is 5. The van der Waals surface area contributed by atoms with Crippen LogP contribution in [0.1, 0.15) is 37.3 Å². The Morgan fingerprint density at radius 2 is 1.79 bits per heavy atom. The van der Waals surface area contributed by atoms with Gasteiger partial charge < -0.3 is 15.4 Å². The third kappa shape index (κ3) is 3.64. The van der Waals surface area contributed by atoms with E-state index in [4.69, 9.17) is 9.72 Å². The Kier molecular flexibility index (Phi) is 4.79. The molecule has 1 aromatic carbocycles. The average molecular weight is 375 g/mol. The molecular weight excluding hydrogens is 350 g/mol. The highest BCUT2D eigenvalue weighted by molar-refractivity contribution is 5.80. The molecule has 2 N–H and O–H groups in total. The maximum absolute atomic E-state index is 6.22. The van der Waals surface area contributed by atoms with Crippen molar-refractivity contribution >= 4 is 16.7 Å². The van der Waals surface area contributed by atoms with E-state index in [0.29, 0.717) is 12.0 Å². The molecule has 144 valence electrons. The summed E-state index contributed by atoms with van der Waals surface area (Å²) in [5.74, 6) is 2.10. The van der Waals surface area contributed by atoms with Gasteiger partial charge >= 0.3 is 0 Å². The Labute approximate surface area is 164 Å². The first-order valence-electron chi connectivity index (χ1n) is 10.2. The Morgan fingerprint density at radius 1 is 0.964 bits per heavy atom. The quantitative estimate of drug-likeness (QED) is 0.711. The minimum absolute atomic E-state index is 0.190. The molecule has 1 saturated carbocycles. The number of hydrogen-bond acceptors (Lipinski definition) is 6. The summed E-state index contributed by atoms with van der Waals surface area (Å²) in [5, 5.41) is 8.10. The first-order chi connectivity index (χ1) is 13.8. The van der Waals surface area contributed by atoms with Gasteiger partial charge in [0.15, 0.2) is 0 Å². The Morgan fingerprint density at radius 3 is 2.68 bits per heavy atom. The van der Waals surface area contributed by atoms with Crippen LogP contribution >= 0.6 is 0 Å². The predicted octanol–water partition coefficient (Wildman–Crippen LogP) is 3.51. The molecule has 3 aromatic rings. The van der Waals surface area contributed by atoms with Crippen molar-refractivity contribution in [2.24, 2.45) is 0 Å². The lowest BCUT2D eigenvalue weighted by Gasteiger charge is -2.36. The zero-order chi connectivity index (χ0) is 18.8. The fourth-order valence-electron chi connectivity index (χ4n) is 4.10. The van der Waals surface area contributed by atoms with Crippen LogP contribution in [0.25, 0.3) is 10.9 Å². The van der Waals surface area contributed by atoms with Crippen molar-refractivity contribution < 1.29 is 4.74 Å². The van der Waals surface area contributed by atoms with Gasteiger partial charge in [-0.25, -0.2) is 9.97 Å². The molecule has 3 heterocycles. The summed E-state index contributed by atoms with van der Waals surface area (Å²) in [6, 6.07) is 12.7. The van der Waals surface area contributed by atoms with E-state index in [1.165, 1.54) is 0 Å². The van der Waals surface area contributed by atoms with Crippen molar-refractivity contribution in [3.8, 4) is 5.88 Å². The van der Waals surface area contributed by atoms with Gasteiger partial charge in [0.2, 0.25) is 5.88 Å². The third-order valence-corrected chi connectivity index (χ3v) is 5.74. The molecule has 5 rings (SSSR count).